The van der Waals surface area contributed by atoms with Gasteiger partial charge in [0.25, 0.3) is 0 Å². The lowest BCUT2D eigenvalue weighted by Crippen LogP contribution is -1.85. The molecule has 1 aromatic carbocycles. The molecule has 1 heterocycles. The van der Waals surface area contributed by atoms with Crippen LogP contribution in [0.15, 0.2) is 30.3 Å². The number of rotatable bonds is 1. The lowest BCUT2D eigenvalue weighted by atomic mass is 10.2. The van der Waals surface area contributed by atoms with Gasteiger partial charge in [0.15, 0.2) is 6.29 Å². The highest BCUT2D eigenvalue weighted by Crippen LogP contribution is 2.19. The number of aldehydes is 1. The second kappa shape index (κ2) is 2.64. The van der Waals surface area contributed by atoms with Crippen molar-refractivity contribution in [2.75, 3.05) is 0 Å². The van der Waals surface area contributed by atoms with Crippen molar-refractivity contribution in [3.63, 3.8) is 0 Å². The Kier molecular flexibility index (Phi) is 1.62. The van der Waals surface area contributed by atoms with Crippen LogP contribution >= 0.6 is 11.8 Å². The standard InChI is InChI=1S/C9H6ClNO/c10-11-8(6-12)5-7-3-1-2-4-9(7)11/h1-6H. The van der Waals surface area contributed by atoms with Gasteiger partial charge in [-0.1, -0.05) is 18.2 Å². The summed E-state index contributed by atoms with van der Waals surface area (Å²) in [6.07, 6.45) is 0.743. The molecule has 60 valence electrons. The van der Waals surface area contributed by atoms with E-state index in [2.05, 4.69) is 0 Å². The fourth-order valence-electron chi connectivity index (χ4n) is 1.22. The van der Waals surface area contributed by atoms with Crippen LogP contribution in [-0.2, 0) is 0 Å². The van der Waals surface area contributed by atoms with Crippen molar-refractivity contribution in [3.05, 3.63) is 36.0 Å². The highest BCUT2D eigenvalue weighted by Gasteiger charge is 2.03. The van der Waals surface area contributed by atoms with Crippen LogP contribution in [0.5, 0.6) is 0 Å². The van der Waals surface area contributed by atoms with Crippen LogP contribution in [0.3, 0.4) is 0 Å². The summed E-state index contributed by atoms with van der Waals surface area (Å²) in [6.45, 7) is 0. The summed E-state index contributed by atoms with van der Waals surface area (Å²) in [5.74, 6) is 0. The lowest BCUT2D eigenvalue weighted by molar-refractivity contribution is 0.111. The van der Waals surface area contributed by atoms with Gasteiger partial charge in [-0.2, -0.15) is 0 Å². The van der Waals surface area contributed by atoms with Gasteiger partial charge in [0.2, 0.25) is 0 Å². The van der Waals surface area contributed by atoms with Gasteiger partial charge in [-0.15, -0.1) is 0 Å². The lowest BCUT2D eigenvalue weighted by Gasteiger charge is -1.92. The van der Waals surface area contributed by atoms with E-state index in [1.165, 1.54) is 4.09 Å². The van der Waals surface area contributed by atoms with Crippen LogP contribution in [0.1, 0.15) is 10.5 Å². The molecular weight excluding hydrogens is 174 g/mol. The smallest absolute Gasteiger partial charge is 0.167 e. The highest BCUT2D eigenvalue weighted by atomic mass is 35.5. The van der Waals surface area contributed by atoms with E-state index in [0.29, 0.717) is 5.69 Å². The molecule has 0 bridgehead atoms. The molecule has 1 aromatic heterocycles. The molecule has 0 aliphatic rings. The fourth-order valence-corrected chi connectivity index (χ4v) is 1.47. The quantitative estimate of drug-likeness (QED) is 0.617. The first-order chi connectivity index (χ1) is 5.83. The predicted octanol–water partition coefficient (Wildman–Crippen LogP) is 2.46. The van der Waals surface area contributed by atoms with Crippen LogP contribution in [0.4, 0.5) is 0 Å². The molecule has 0 spiro atoms. The van der Waals surface area contributed by atoms with Crippen molar-refractivity contribution in [2.45, 2.75) is 0 Å². The van der Waals surface area contributed by atoms with Crippen molar-refractivity contribution in [1.82, 2.24) is 4.09 Å². The number of carbonyl (C=O) groups excluding carboxylic acids is 1. The Morgan fingerprint density at radius 2 is 2.08 bits per heavy atom. The molecule has 2 aromatic rings. The summed E-state index contributed by atoms with van der Waals surface area (Å²) in [7, 11) is 0. The molecule has 0 atom stereocenters. The number of benzene rings is 1. The Morgan fingerprint density at radius 1 is 1.33 bits per heavy atom. The topological polar surface area (TPSA) is 22.0 Å². The highest BCUT2D eigenvalue weighted by molar-refractivity contribution is 6.21. The molecule has 2 nitrogen and oxygen atoms in total. The predicted molar refractivity (Wildman–Crippen MR) is 48.6 cm³/mol. The van der Waals surface area contributed by atoms with Gasteiger partial charge in [-0.25, -0.2) is 4.09 Å². The molecule has 0 N–H and O–H groups in total. The first-order valence-corrected chi connectivity index (χ1v) is 3.88. The molecule has 12 heavy (non-hydrogen) atoms. The third kappa shape index (κ3) is 0.924. The summed E-state index contributed by atoms with van der Waals surface area (Å²) in [4.78, 5) is 10.5. The van der Waals surface area contributed by atoms with E-state index < -0.39 is 0 Å². The van der Waals surface area contributed by atoms with Crippen LogP contribution in [0.2, 0.25) is 0 Å². The van der Waals surface area contributed by atoms with E-state index >= 15 is 0 Å². The minimum atomic E-state index is 0.484. The Hall–Kier alpha value is -1.28. The van der Waals surface area contributed by atoms with Gasteiger partial charge in [0.1, 0.15) is 0 Å². The number of hydrogen-bond donors (Lipinski definition) is 0. The molecule has 0 aliphatic carbocycles. The summed E-state index contributed by atoms with van der Waals surface area (Å²) in [6, 6.07) is 9.34. The zero-order chi connectivity index (χ0) is 8.55. The van der Waals surface area contributed by atoms with Crippen LogP contribution in [0.25, 0.3) is 10.9 Å². The molecule has 2 rings (SSSR count). The molecule has 0 saturated carbocycles. The van der Waals surface area contributed by atoms with E-state index in [0.717, 1.165) is 17.2 Å². The van der Waals surface area contributed by atoms with Gasteiger partial charge in [0, 0.05) is 17.2 Å². The zero-order valence-corrected chi connectivity index (χ0v) is 6.95. The van der Waals surface area contributed by atoms with E-state index in [9.17, 15) is 4.79 Å². The minimum Gasteiger partial charge on any atom is -0.296 e. The minimum absolute atomic E-state index is 0.484. The van der Waals surface area contributed by atoms with Crippen molar-refractivity contribution < 1.29 is 4.79 Å². The number of hydrogen-bond acceptors (Lipinski definition) is 1. The second-order valence-corrected chi connectivity index (χ2v) is 2.86. The Morgan fingerprint density at radius 3 is 2.75 bits per heavy atom. The zero-order valence-electron chi connectivity index (χ0n) is 6.20. The van der Waals surface area contributed by atoms with Gasteiger partial charge in [-0.05, 0) is 12.1 Å². The Labute approximate surface area is 74.5 Å². The third-order valence-corrected chi connectivity index (χ3v) is 2.18. The Bertz CT molecular complexity index is 433. The fraction of sp³-hybridized carbons (Fsp3) is 0. The van der Waals surface area contributed by atoms with E-state index in [-0.39, 0.29) is 0 Å². The number of aromatic nitrogens is 1. The largest absolute Gasteiger partial charge is 0.296 e. The van der Waals surface area contributed by atoms with Crippen LogP contribution in [-0.4, -0.2) is 10.4 Å². The summed E-state index contributed by atoms with van der Waals surface area (Å²) < 4.78 is 1.36. The Balaban J connectivity index is 2.87. The SMILES string of the molecule is O=Cc1cc2ccccc2n1Cl. The van der Waals surface area contributed by atoms with Crippen molar-refractivity contribution >= 4 is 29.0 Å². The first kappa shape index (κ1) is 7.37. The summed E-state index contributed by atoms with van der Waals surface area (Å²) in [5.41, 5.74) is 1.35. The van der Waals surface area contributed by atoms with Crippen molar-refractivity contribution in [2.24, 2.45) is 0 Å². The normalized spacial score (nSPS) is 10.4. The molecule has 0 unspecified atom stereocenters. The second-order valence-electron chi connectivity index (χ2n) is 2.53. The summed E-state index contributed by atoms with van der Waals surface area (Å²) in [5, 5.41) is 0.981. The maximum atomic E-state index is 10.5. The average molecular weight is 180 g/mol. The van der Waals surface area contributed by atoms with E-state index in [4.69, 9.17) is 11.8 Å². The monoisotopic (exact) mass is 179 g/mol. The van der Waals surface area contributed by atoms with Crippen molar-refractivity contribution in [1.29, 1.82) is 0 Å². The van der Waals surface area contributed by atoms with Gasteiger partial charge in [0.05, 0.1) is 11.2 Å². The third-order valence-electron chi connectivity index (χ3n) is 1.80. The molecule has 0 aliphatic heterocycles. The molecular formula is C9H6ClNO. The molecule has 0 fully saturated rings. The van der Waals surface area contributed by atoms with E-state index in [1.54, 1.807) is 6.07 Å². The van der Waals surface area contributed by atoms with Crippen LogP contribution < -0.4 is 0 Å². The molecule has 0 saturated heterocycles. The first-order valence-electron chi connectivity index (χ1n) is 3.55. The molecule has 0 radical (unpaired) electrons. The number of nitrogens with zero attached hydrogens (tertiary/aromatic N) is 1. The number of carbonyl (C=O) groups is 1. The number of fused-ring (bicyclic) bond motifs is 1. The van der Waals surface area contributed by atoms with Crippen LogP contribution in [0, 0.1) is 0 Å². The molecule has 0 amide bonds. The maximum absolute atomic E-state index is 10.5. The maximum Gasteiger partial charge on any atom is 0.167 e. The summed E-state index contributed by atoms with van der Waals surface area (Å²) >= 11 is 5.84. The van der Waals surface area contributed by atoms with Gasteiger partial charge in [-0.3, -0.25) is 4.79 Å². The van der Waals surface area contributed by atoms with E-state index in [1.807, 2.05) is 24.3 Å². The average Bonchev–Trinajstić information content (AvgIpc) is 2.44. The number of para-hydroxylation sites is 1. The van der Waals surface area contributed by atoms with Crippen molar-refractivity contribution in [3.8, 4) is 0 Å². The van der Waals surface area contributed by atoms with Gasteiger partial charge >= 0.3 is 0 Å². The van der Waals surface area contributed by atoms with Gasteiger partial charge < -0.3 is 0 Å². The number of halogens is 1. The molecule has 3 heteroatoms.